The first-order chi connectivity index (χ1) is 9.60. The van der Waals surface area contributed by atoms with Crippen molar-refractivity contribution in [2.45, 2.75) is 45.1 Å². The molecule has 2 saturated heterocycles. The number of hydrogen-bond acceptors (Lipinski definition) is 3. The Bertz CT molecular complexity index is 459. The van der Waals surface area contributed by atoms with Gasteiger partial charge >= 0.3 is 6.18 Å². The second-order valence-electron chi connectivity index (χ2n) is 5.82. The molecule has 0 aliphatic carbocycles. The molecule has 0 spiro atoms. The normalized spacial score (nSPS) is 34.0. The van der Waals surface area contributed by atoms with Crippen LogP contribution in [0.1, 0.15) is 26.7 Å². The van der Waals surface area contributed by atoms with Gasteiger partial charge in [0.2, 0.25) is 0 Å². The highest BCUT2D eigenvalue weighted by Gasteiger charge is 2.45. The number of alkyl halides is 3. The van der Waals surface area contributed by atoms with Crippen LogP contribution in [0.5, 0.6) is 0 Å². The lowest BCUT2D eigenvalue weighted by Gasteiger charge is -2.40. The summed E-state index contributed by atoms with van der Waals surface area (Å²) in [5.41, 5.74) is 0. The molecule has 0 radical (unpaired) electrons. The molecule has 2 aliphatic heterocycles. The van der Waals surface area contributed by atoms with E-state index in [0.717, 1.165) is 4.31 Å². The molecule has 0 aromatic rings. The molecule has 2 heterocycles. The fourth-order valence-electron chi connectivity index (χ4n) is 2.90. The molecule has 3 atom stereocenters. The lowest BCUT2D eigenvalue weighted by molar-refractivity contribution is -0.182. The third-order valence-corrected chi connectivity index (χ3v) is 5.82. The zero-order valence-corrected chi connectivity index (χ0v) is 13.0. The summed E-state index contributed by atoms with van der Waals surface area (Å²) in [6, 6.07) is 0. The fourth-order valence-corrected chi connectivity index (χ4v) is 4.75. The predicted molar refractivity (Wildman–Crippen MR) is 70.9 cm³/mol. The zero-order chi connectivity index (χ0) is 15.8. The Morgan fingerprint density at radius 3 is 2.14 bits per heavy atom. The van der Waals surface area contributed by atoms with Gasteiger partial charge in [-0.3, -0.25) is 0 Å². The van der Waals surface area contributed by atoms with E-state index in [1.807, 2.05) is 0 Å². The Hall–Kier alpha value is -0.380. The summed E-state index contributed by atoms with van der Waals surface area (Å²) in [4.78, 5) is 0. The second kappa shape index (κ2) is 6.02. The number of piperidine rings is 1. The first-order valence-corrected chi connectivity index (χ1v) is 8.48. The molecular formula is C12H21F3N2O3S. The van der Waals surface area contributed by atoms with Gasteiger partial charge in [0.15, 0.2) is 0 Å². The fraction of sp³-hybridized carbons (Fsp3) is 1.00. The van der Waals surface area contributed by atoms with Crippen molar-refractivity contribution in [3.63, 3.8) is 0 Å². The molecule has 0 saturated carbocycles. The van der Waals surface area contributed by atoms with Gasteiger partial charge in [-0.1, -0.05) is 0 Å². The Kier molecular flexibility index (Phi) is 4.87. The predicted octanol–water partition coefficient (Wildman–Crippen LogP) is 1.61. The van der Waals surface area contributed by atoms with Crippen molar-refractivity contribution in [1.82, 2.24) is 8.61 Å². The molecule has 0 N–H and O–H groups in total. The molecule has 5 nitrogen and oxygen atoms in total. The first-order valence-electron chi connectivity index (χ1n) is 7.08. The molecule has 0 amide bonds. The second-order valence-corrected chi connectivity index (χ2v) is 7.75. The lowest BCUT2D eigenvalue weighted by Crippen LogP contribution is -2.55. The molecule has 9 heteroatoms. The van der Waals surface area contributed by atoms with Crippen LogP contribution in [-0.2, 0) is 14.9 Å². The largest absolute Gasteiger partial charge is 0.393 e. The van der Waals surface area contributed by atoms with Gasteiger partial charge < -0.3 is 4.74 Å². The van der Waals surface area contributed by atoms with Crippen LogP contribution in [0.2, 0.25) is 0 Å². The van der Waals surface area contributed by atoms with Crippen LogP contribution in [0.4, 0.5) is 13.2 Å². The molecule has 2 aliphatic rings. The van der Waals surface area contributed by atoms with Gasteiger partial charge in [-0.2, -0.15) is 30.2 Å². The first kappa shape index (κ1) is 17.0. The van der Waals surface area contributed by atoms with Crippen molar-refractivity contribution in [1.29, 1.82) is 0 Å². The van der Waals surface area contributed by atoms with Crippen molar-refractivity contribution >= 4 is 10.2 Å². The summed E-state index contributed by atoms with van der Waals surface area (Å²) in [6.07, 6.45) is -4.64. The minimum Gasteiger partial charge on any atom is -0.373 e. The van der Waals surface area contributed by atoms with E-state index in [1.54, 1.807) is 13.8 Å². The van der Waals surface area contributed by atoms with E-state index >= 15 is 0 Å². The standard InChI is InChI=1S/C12H21F3N2O3S/c1-9-6-17(7-10(2)20-9)21(18,19)16-5-3-4-11(8-16)12(13,14)15/h9-11H,3-8H2,1-2H3/t9-,10-,11-/m1/s1. The van der Waals surface area contributed by atoms with E-state index in [1.165, 1.54) is 4.31 Å². The van der Waals surface area contributed by atoms with Gasteiger partial charge in [0.25, 0.3) is 10.2 Å². The smallest absolute Gasteiger partial charge is 0.373 e. The highest BCUT2D eigenvalue weighted by molar-refractivity contribution is 7.86. The summed E-state index contributed by atoms with van der Waals surface area (Å²) in [6.45, 7) is 3.54. The molecular weight excluding hydrogens is 309 g/mol. The van der Waals surface area contributed by atoms with Crippen molar-refractivity contribution in [2.75, 3.05) is 26.2 Å². The monoisotopic (exact) mass is 330 g/mol. The van der Waals surface area contributed by atoms with E-state index in [9.17, 15) is 21.6 Å². The number of hydrogen-bond donors (Lipinski definition) is 0. The maximum absolute atomic E-state index is 12.8. The molecule has 2 rings (SSSR count). The summed E-state index contributed by atoms with van der Waals surface area (Å²) >= 11 is 0. The van der Waals surface area contributed by atoms with Crippen LogP contribution >= 0.6 is 0 Å². The summed E-state index contributed by atoms with van der Waals surface area (Å²) in [5, 5.41) is 0. The van der Waals surface area contributed by atoms with E-state index in [0.29, 0.717) is 0 Å². The third-order valence-electron chi connectivity index (χ3n) is 3.89. The number of ether oxygens (including phenoxy) is 1. The van der Waals surface area contributed by atoms with Crippen LogP contribution in [0.25, 0.3) is 0 Å². The minimum absolute atomic E-state index is 0.00850. The van der Waals surface area contributed by atoms with Crippen molar-refractivity contribution in [2.24, 2.45) is 5.92 Å². The van der Waals surface area contributed by atoms with Crippen LogP contribution in [0.15, 0.2) is 0 Å². The Balaban J connectivity index is 2.11. The quantitative estimate of drug-likeness (QED) is 0.773. The number of rotatable bonds is 2. The van der Waals surface area contributed by atoms with Gasteiger partial charge in [-0.15, -0.1) is 0 Å². The summed E-state index contributed by atoms with van der Waals surface area (Å²) in [7, 11) is -3.86. The number of halogens is 3. The highest BCUT2D eigenvalue weighted by atomic mass is 32.2. The average Bonchev–Trinajstić information content (AvgIpc) is 2.36. The Morgan fingerprint density at radius 1 is 1.05 bits per heavy atom. The molecule has 0 bridgehead atoms. The number of nitrogens with zero attached hydrogens (tertiary/aromatic N) is 2. The molecule has 2 fully saturated rings. The minimum atomic E-state index is -4.35. The maximum atomic E-state index is 12.8. The highest BCUT2D eigenvalue weighted by Crippen LogP contribution is 2.34. The molecule has 124 valence electrons. The molecule has 0 unspecified atom stereocenters. The average molecular weight is 330 g/mol. The Morgan fingerprint density at radius 2 is 1.62 bits per heavy atom. The van der Waals surface area contributed by atoms with Gasteiger partial charge in [0.05, 0.1) is 18.1 Å². The van der Waals surface area contributed by atoms with Crippen molar-refractivity contribution in [3.8, 4) is 0 Å². The van der Waals surface area contributed by atoms with E-state index < -0.39 is 28.8 Å². The molecule has 0 aromatic heterocycles. The van der Waals surface area contributed by atoms with Gasteiger partial charge in [-0.25, -0.2) is 0 Å². The maximum Gasteiger partial charge on any atom is 0.393 e. The van der Waals surface area contributed by atoms with Crippen LogP contribution in [0, 0.1) is 5.92 Å². The van der Waals surface area contributed by atoms with Crippen molar-refractivity contribution in [3.05, 3.63) is 0 Å². The lowest BCUT2D eigenvalue weighted by atomic mass is 9.99. The third kappa shape index (κ3) is 3.88. The zero-order valence-electron chi connectivity index (χ0n) is 12.1. The van der Waals surface area contributed by atoms with Gasteiger partial charge in [0.1, 0.15) is 0 Å². The summed E-state index contributed by atoms with van der Waals surface area (Å²) < 4.78 is 71.2. The van der Waals surface area contributed by atoms with Crippen LogP contribution in [-0.4, -0.2) is 61.6 Å². The molecule has 21 heavy (non-hydrogen) atoms. The Labute approximate surface area is 123 Å². The number of morpholine rings is 1. The summed E-state index contributed by atoms with van der Waals surface area (Å²) in [5.74, 6) is -1.57. The molecule has 0 aromatic carbocycles. The van der Waals surface area contributed by atoms with E-state index in [2.05, 4.69) is 0 Å². The van der Waals surface area contributed by atoms with E-state index in [-0.39, 0.29) is 44.7 Å². The van der Waals surface area contributed by atoms with Crippen molar-refractivity contribution < 1.29 is 26.3 Å². The van der Waals surface area contributed by atoms with Gasteiger partial charge in [-0.05, 0) is 26.7 Å². The topological polar surface area (TPSA) is 49.9 Å². The van der Waals surface area contributed by atoms with Gasteiger partial charge in [0, 0.05) is 26.2 Å². The van der Waals surface area contributed by atoms with E-state index in [4.69, 9.17) is 4.74 Å². The van der Waals surface area contributed by atoms with Crippen LogP contribution in [0.3, 0.4) is 0 Å². The van der Waals surface area contributed by atoms with Crippen LogP contribution < -0.4 is 0 Å². The SMILES string of the molecule is C[C@@H]1CN(S(=O)(=O)N2CCC[C@@H](C(F)(F)F)C2)C[C@@H](C)O1.